The van der Waals surface area contributed by atoms with Crippen LogP contribution in [0.3, 0.4) is 0 Å². The Kier molecular flexibility index (Phi) is 11.7. The summed E-state index contributed by atoms with van der Waals surface area (Å²) in [7, 11) is 0. The Morgan fingerprint density at radius 2 is 2.00 bits per heavy atom. The number of aromatic nitrogens is 3. The van der Waals surface area contributed by atoms with E-state index in [0.717, 1.165) is 90.0 Å². The SMILES string of the molecule is I.c1coc(CCNC(=NCCCn2ccnn2)NCCCN2CCOCC2)c1. The lowest BCUT2D eigenvalue weighted by molar-refractivity contribution is 0.0376. The second-order valence-electron chi connectivity index (χ2n) is 6.74. The van der Waals surface area contributed by atoms with Gasteiger partial charge in [-0.1, -0.05) is 5.21 Å². The zero-order valence-corrected chi connectivity index (χ0v) is 19.2. The second kappa shape index (κ2) is 14.3. The molecule has 9 nitrogen and oxygen atoms in total. The van der Waals surface area contributed by atoms with Crippen LogP contribution in [0.15, 0.2) is 40.2 Å². The molecule has 0 aliphatic carbocycles. The number of rotatable bonds is 11. The van der Waals surface area contributed by atoms with Gasteiger partial charge in [-0.3, -0.25) is 14.6 Å². The molecule has 0 unspecified atom stereocenters. The van der Waals surface area contributed by atoms with Gasteiger partial charge in [0, 0.05) is 51.9 Å². The number of morpholine rings is 1. The summed E-state index contributed by atoms with van der Waals surface area (Å²) in [6.07, 6.45) is 8.11. The monoisotopic (exact) mass is 517 g/mol. The minimum absolute atomic E-state index is 0. The maximum atomic E-state index is 5.40. The van der Waals surface area contributed by atoms with Crippen molar-refractivity contribution in [3.05, 3.63) is 36.5 Å². The predicted octanol–water partition coefficient (Wildman–Crippen LogP) is 1.38. The Labute approximate surface area is 189 Å². The van der Waals surface area contributed by atoms with Crippen molar-refractivity contribution in [1.82, 2.24) is 30.5 Å². The van der Waals surface area contributed by atoms with Crippen LogP contribution in [0.25, 0.3) is 0 Å². The van der Waals surface area contributed by atoms with Crippen LogP contribution in [0.1, 0.15) is 18.6 Å². The Morgan fingerprint density at radius 1 is 1.14 bits per heavy atom. The average molecular weight is 517 g/mol. The molecule has 3 rings (SSSR count). The summed E-state index contributed by atoms with van der Waals surface area (Å²) >= 11 is 0. The maximum Gasteiger partial charge on any atom is 0.191 e. The van der Waals surface area contributed by atoms with Gasteiger partial charge in [-0.15, -0.1) is 29.1 Å². The first kappa shape index (κ1) is 23.6. The quantitative estimate of drug-likeness (QED) is 0.201. The molecule has 0 spiro atoms. The van der Waals surface area contributed by atoms with Crippen LogP contribution < -0.4 is 10.6 Å². The fourth-order valence-corrected chi connectivity index (χ4v) is 3.04. The zero-order valence-electron chi connectivity index (χ0n) is 16.8. The molecule has 1 aliphatic heterocycles. The van der Waals surface area contributed by atoms with Crippen LogP contribution in [0.5, 0.6) is 0 Å². The summed E-state index contributed by atoms with van der Waals surface area (Å²) in [5.74, 6) is 1.83. The van der Waals surface area contributed by atoms with Crippen LogP contribution in [0.4, 0.5) is 0 Å². The minimum Gasteiger partial charge on any atom is -0.469 e. The molecule has 29 heavy (non-hydrogen) atoms. The highest BCUT2D eigenvalue weighted by Gasteiger charge is 2.09. The van der Waals surface area contributed by atoms with E-state index >= 15 is 0 Å². The van der Waals surface area contributed by atoms with E-state index in [1.165, 1.54) is 0 Å². The zero-order chi connectivity index (χ0) is 19.3. The van der Waals surface area contributed by atoms with E-state index in [2.05, 4.69) is 25.8 Å². The summed E-state index contributed by atoms with van der Waals surface area (Å²) in [5.41, 5.74) is 0. The molecule has 0 saturated carbocycles. The van der Waals surface area contributed by atoms with Crippen LogP contribution >= 0.6 is 24.0 Å². The van der Waals surface area contributed by atoms with Gasteiger partial charge < -0.3 is 19.8 Å². The Morgan fingerprint density at radius 3 is 2.76 bits per heavy atom. The molecule has 0 bridgehead atoms. The number of nitrogens with zero attached hydrogens (tertiary/aromatic N) is 5. The van der Waals surface area contributed by atoms with E-state index in [4.69, 9.17) is 14.1 Å². The van der Waals surface area contributed by atoms with E-state index in [0.29, 0.717) is 0 Å². The summed E-state index contributed by atoms with van der Waals surface area (Å²) in [6, 6.07) is 3.91. The summed E-state index contributed by atoms with van der Waals surface area (Å²) in [5, 5.41) is 14.6. The van der Waals surface area contributed by atoms with Crippen molar-refractivity contribution < 1.29 is 9.15 Å². The lowest BCUT2D eigenvalue weighted by Gasteiger charge is -2.26. The highest BCUT2D eigenvalue weighted by molar-refractivity contribution is 14.0. The second-order valence-corrected chi connectivity index (χ2v) is 6.74. The number of hydrogen-bond acceptors (Lipinski definition) is 6. The van der Waals surface area contributed by atoms with Crippen LogP contribution in [0, 0.1) is 0 Å². The van der Waals surface area contributed by atoms with Gasteiger partial charge in [-0.2, -0.15) is 0 Å². The van der Waals surface area contributed by atoms with Crippen molar-refractivity contribution in [3.8, 4) is 0 Å². The standard InChI is InChI=1S/C19H31N7O2.HI/c1-4-18(28-15-1)5-8-22-19(21-7-3-11-26-12-9-23-24-26)20-6-2-10-25-13-16-27-17-14-25;/h1,4,9,12,15H,2-3,5-8,10-11,13-14,16-17H2,(H2,20,21,22);1H. The summed E-state index contributed by atoms with van der Waals surface area (Å²) < 4.78 is 12.6. The lowest BCUT2D eigenvalue weighted by Crippen LogP contribution is -2.41. The fourth-order valence-electron chi connectivity index (χ4n) is 3.04. The van der Waals surface area contributed by atoms with Gasteiger partial charge in [0.25, 0.3) is 0 Å². The van der Waals surface area contributed by atoms with Crippen molar-refractivity contribution in [1.29, 1.82) is 0 Å². The molecule has 1 saturated heterocycles. The molecule has 1 aliphatic rings. The van der Waals surface area contributed by atoms with Gasteiger partial charge in [-0.25, -0.2) is 0 Å². The largest absolute Gasteiger partial charge is 0.469 e. The van der Waals surface area contributed by atoms with E-state index < -0.39 is 0 Å². The fraction of sp³-hybridized carbons (Fsp3) is 0.632. The first-order chi connectivity index (χ1) is 13.9. The molecule has 1 fully saturated rings. The normalized spacial score (nSPS) is 15.1. The Bertz CT molecular complexity index is 658. The van der Waals surface area contributed by atoms with Crippen molar-refractivity contribution in [3.63, 3.8) is 0 Å². The molecule has 3 heterocycles. The molecule has 2 aromatic rings. The number of aliphatic imine (C=N–C) groups is 1. The first-order valence-corrected chi connectivity index (χ1v) is 10.1. The summed E-state index contributed by atoms with van der Waals surface area (Å²) in [4.78, 5) is 7.14. The molecule has 2 aromatic heterocycles. The molecule has 0 aromatic carbocycles. The lowest BCUT2D eigenvalue weighted by atomic mass is 10.3. The van der Waals surface area contributed by atoms with Crippen molar-refractivity contribution in [2.24, 2.45) is 4.99 Å². The van der Waals surface area contributed by atoms with E-state index in [-0.39, 0.29) is 24.0 Å². The van der Waals surface area contributed by atoms with Crippen LogP contribution in [-0.4, -0.2) is 78.3 Å². The van der Waals surface area contributed by atoms with Crippen molar-refractivity contribution >= 4 is 29.9 Å². The Hall–Kier alpha value is -1.66. The minimum atomic E-state index is 0. The van der Waals surface area contributed by atoms with Gasteiger partial charge in [0.2, 0.25) is 0 Å². The van der Waals surface area contributed by atoms with Crippen LogP contribution in [-0.2, 0) is 17.7 Å². The van der Waals surface area contributed by atoms with Crippen molar-refractivity contribution in [2.75, 3.05) is 52.5 Å². The number of furan rings is 1. The first-order valence-electron chi connectivity index (χ1n) is 10.1. The van der Waals surface area contributed by atoms with Crippen molar-refractivity contribution in [2.45, 2.75) is 25.8 Å². The van der Waals surface area contributed by atoms with Gasteiger partial charge in [0.15, 0.2) is 5.96 Å². The molecule has 0 radical (unpaired) electrons. The van der Waals surface area contributed by atoms with Gasteiger partial charge in [0.05, 0.1) is 25.7 Å². The molecule has 162 valence electrons. The smallest absolute Gasteiger partial charge is 0.191 e. The van der Waals surface area contributed by atoms with Gasteiger partial charge in [0.1, 0.15) is 5.76 Å². The number of ether oxygens (including phenoxy) is 1. The van der Waals surface area contributed by atoms with Crippen LogP contribution in [0.2, 0.25) is 0 Å². The van der Waals surface area contributed by atoms with Gasteiger partial charge >= 0.3 is 0 Å². The molecule has 0 amide bonds. The molecule has 0 atom stereocenters. The van der Waals surface area contributed by atoms with E-state index in [9.17, 15) is 0 Å². The molecule has 2 N–H and O–H groups in total. The highest BCUT2D eigenvalue weighted by Crippen LogP contribution is 2.00. The molecular formula is C19H32IN7O2. The van der Waals surface area contributed by atoms with E-state index in [1.54, 1.807) is 12.5 Å². The van der Waals surface area contributed by atoms with Gasteiger partial charge in [-0.05, 0) is 31.5 Å². The topological polar surface area (TPSA) is 92.7 Å². The number of halogens is 1. The number of hydrogen-bond donors (Lipinski definition) is 2. The number of nitrogens with one attached hydrogen (secondary N) is 2. The van der Waals surface area contributed by atoms with E-state index in [1.807, 2.05) is 23.0 Å². The molecule has 10 heteroatoms. The third kappa shape index (κ3) is 9.59. The molecular weight excluding hydrogens is 485 g/mol. The summed E-state index contributed by atoms with van der Waals surface area (Å²) in [6.45, 7) is 8.08. The number of guanidine groups is 1. The Balaban J connectivity index is 0.00000300. The highest BCUT2D eigenvalue weighted by atomic mass is 127. The third-order valence-corrected chi connectivity index (χ3v) is 4.58. The average Bonchev–Trinajstić information content (AvgIpc) is 3.43. The number of aryl methyl sites for hydroxylation is 1. The third-order valence-electron chi connectivity index (χ3n) is 4.58. The maximum absolute atomic E-state index is 5.40. The predicted molar refractivity (Wildman–Crippen MR) is 123 cm³/mol.